The van der Waals surface area contributed by atoms with Crippen LogP contribution in [0.5, 0.6) is 0 Å². The topological polar surface area (TPSA) is 46.9 Å². The number of hydrogen-bond donors (Lipinski definition) is 1. The van der Waals surface area contributed by atoms with E-state index in [-0.39, 0.29) is 11.9 Å². The Kier molecular flexibility index (Phi) is 7.92. The molecular formula is C30H33N3O. The molecule has 0 radical (unpaired) electrons. The molecule has 0 spiro atoms. The third kappa shape index (κ3) is 5.28. The Balaban J connectivity index is 1.81. The van der Waals surface area contributed by atoms with Crippen LogP contribution in [-0.4, -0.2) is 15.7 Å². The van der Waals surface area contributed by atoms with Gasteiger partial charge in [0.1, 0.15) is 5.69 Å². The maximum absolute atomic E-state index is 14.0. The summed E-state index contributed by atoms with van der Waals surface area (Å²) in [7, 11) is 0. The number of unbranched alkanes of at least 4 members (excludes halogenated alkanes) is 1. The minimum absolute atomic E-state index is 0.0353. The summed E-state index contributed by atoms with van der Waals surface area (Å²) in [5, 5.41) is 8.35. The quantitative estimate of drug-likeness (QED) is 0.278. The Bertz CT molecular complexity index is 1180. The lowest BCUT2D eigenvalue weighted by molar-refractivity contribution is 0.0933. The van der Waals surface area contributed by atoms with Gasteiger partial charge < -0.3 is 5.32 Å². The normalized spacial score (nSPS) is 11.8. The highest BCUT2D eigenvalue weighted by molar-refractivity contribution is 6.01. The maximum atomic E-state index is 14.0. The average molecular weight is 452 g/mol. The average Bonchev–Trinajstić information content (AvgIpc) is 3.27. The van der Waals surface area contributed by atoms with Crippen LogP contribution in [0.1, 0.15) is 67.2 Å². The predicted molar refractivity (Wildman–Crippen MR) is 139 cm³/mol. The second-order valence-corrected chi connectivity index (χ2v) is 8.61. The molecule has 174 valence electrons. The molecule has 4 aromatic rings. The molecule has 3 aromatic carbocycles. The van der Waals surface area contributed by atoms with Crippen molar-refractivity contribution >= 4 is 5.91 Å². The monoisotopic (exact) mass is 451 g/mol. The highest BCUT2D eigenvalue weighted by Crippen LogP contribution is 2.30. The van der Waals surface area contributed by atoms with Crippen LogP contribution in [0.4, 0.5) is 0 Å². The Hall–Kier alpha value is -3.66. The molecule has 4 rings (SSSR count). The van der Waals surface area contributed by atoms with Gasteiger partial charge in [-0.25, -0.2) is 4.68 Å². The molecule has 0 aliphatic heterocycles. The maximum Gasteiger partial charge on any atom is 0.255 e. The number of amides is 1. The minimum Gasteiger partial charge on any atom is -0.345 e. The largest absolute Gasteiger partial charge is 0.345 e. The molecule has 34 heavy (non-hydrogen) atoms. The Morgan fingerprint density at radius 1 is 0.853 bits per heavy atom. The SMILES string of the molecule is CCCCC(NC(=O)c1c(-c2ccccc2)nn(-c2ccccc2)c1CCC)c1ccccc1. The highest BCUT2D eigenvalue weighted by atomic mass is 16.1. The van der Waals surface area contributed by atoms with E-state index in [1.54, 1.807) is 0 Å². The fraction of sp³-hybridized carbons (Fsp3) is 0.267. The van der Waals surface area contributed by atoms with Crippen LogP contribution in [0.3, 0.4) is 0 Å². The van der Waals surface area contributed by atoms with E-state index in [1.807, 2.05) is 83.5 Å². The fourth-order valence-corrected chi connectivity index (χ4v) is 4.39. The van der Waals surface area contributed by atoms with E-state index in [2.05, 4.69) is 31.3 Å². The van der Waals surface area contributed by atoms with E-state index in [0.29, 0.717) is 5.56 Å². The minimum atomic E-state index is -0.0607. The van der Waals surface area contributed by atoms with Crippen LogP contribution < -0.4 is 5.32 Å². The second-order valence-electron chi connectivity index (χ2n) is 8.61. The number of rotatable bonds is 10. The molecule has 0 aliphatic carbocycles. The van der Waals surface area contributed by atoms with Gasteiger partial charge in [-0.05, 0) is 30.5 Å². The van der Waals surface area contributed by atoms with Gasteiger partial charge in [-0.15, -0.1) is 0 Å². The number of para-hydroxylation sites is 1. The van der Waals surface area contributed by atoms with Crippen LogP contribution in [0, 0.1) is 0 Å². The molecule has 1 heterocycles. The van der Waals surface area contributed by atoms with Gasteiger partial charge >= 0.3 is 0 Å². The van der Waals surface area contributed by atoms with E-state index >= 15 is 0 Å². The lowest BCUT2D eigenvalue weighted by atomic mass is 9.99. The summed E-state index contributed by atoms with van der Waals surface area (Å²) in [5.41, 5.74) is 5.41. The summed E-state index contributed by atoms with van der Waals surface area (Å²) in [5.74, 6) is -0.0607. The summed E-state index contributed by atoms with van der Waals surface area (Å²) < 4.78 is 1.95. The van der Waals surface area contributed by atoms with Crippen molar-refractivity contribution in [3.63, 3.8) is 0 Å². The molecule has 4 heteroatoms. The van der Waals surface area contributed by atoms with E-state index in [4.69, 9.17) is 5.10 Å². The van der Waals surface area contributed by atoms with E-state index < -0.39 is 0 Å². The smallest absolute Gasteiger partial charge is 0.255 e. The van der Waals surface area contributed by atoms with Crippen LogP contribution in [0.2, 0.25) is 0 Å². The van der Waals surface area contributed by atoms with E-state index in [9.17, 15) is 4.79 Å². The van der Waals surface area contributed by atoms with Crippen molar-refractivity contribution in [1.82, 2.24) is 15.1 Å². The number of carbonyl (C=O) groups excluding carboxylic acids is 1. The zero-order chi connectivity index (χ0) is 23.8. The van der Waals surface area contributed by atoms with Gasteiger partial charge in [0.2, 0.25) is 0 Å². The van der Waals surface area contributed by atoms with Crippen molar-refractivity contribution in [2.75, 3.05) is 0 Å². The highest BCUT2D eigenvalue weighted by Gasteiger charge is 2.27. The first-order chi connectivity index (χ1) is 16.7. The number of hydrogen-bond acceptors (Lipinski definition) is 2. The fourth-order valence-electron chi connectivity index (χ4n) is 4.39. The van der Waals surface area contributed by atoms with Crippen LogP contribution >= 0.6 is 0 Å². The Labute approximate surface area is 202 Å². The third-order valence-corrected chi connectivity index (χ3v) is 6.10. The zero-order valence-corrected chi connectivity index (χ0v) is 20.1. The first-order valence-electron chi connectivity index (χ1n) is 12.3. The number of benzene rings is 3. The summed E-state index contributed by atoms with van der Waals surface area (Å²) >= 11 is 0. The molecule has 4 nitrogen and oxygen atoms in total. The van der Waals surface area contributed by atoms with E-state index in [1.165, 1.54) is 0 Å². The van der Waals surface area contributed by atoms with Crippen molar-refractivity contribution in [2.24, 2.45) is 0 Å². The summed E-state index contributed by atoms with van der Waals surface area (Å²) in [6, 6.07) is 30.3. The molecule has 1 aromatic heterocycles. The molecule has 1 atom stereocenters. The Morgan fingerprint density at radius 2 is 1.47 bits per heavy atom. The number of carbonyl (C=O) groups is 1. The van der Waals surface area contributed by atoms with Gasteiger partial charge in [-0.2, -0.15) is 5.10 Å². The van der Waals surface area contributed by atoms with Gasteiger partial charge in [-0.1, -0.05) is 112 Å². The molecule has 0 bridgehead atoms. The van der Waals surface area contributed by atoms with Gasteiger partial charge in [0.05, 0.1) is 23.0 Å². The van der Waals surface area contributed by atoms with Crippen molar-refractivity contribution in [3.8, 4) is 16.9 Å². The number of nitrogens with zero attached hydrogens (tertiary/aromatic N) is 2. The van der Waals surface area contributed by atoms with Gasteiger partial charge in [0.15, 0.2) is 0 Å². The lowest BCUT2D eigenvalue weighted by Crippen LogP contribution is -2.29. The molecule has 1 amide bonds. The predicted octanol–water partition coefficient (Wildman–Crippen LogP) is 7.15. The number of aromatic nitrogens is 2. The molecule has 0 aliphatic rings. The van der Waals surface area contributed by atoms with Crippen LogP contribution in [-0.2, 0) is 6.42 Å². The molecule has 0 saturated carbocycles. The Morgan fingerprint density at radius 3 is 2.09 bits per heavy atom. The summed E-state index contributed by atoms with van der Waals surface area (Å²) in [4.78, 5) is 14.0. The lowest BCUT2D eigenvalue weighted by Gasteiger charge is -2.20. The van der Waals surface area contributed by atoms with Crippen molar-refractivity contribution in [1.29, 1.82) is 0 Å². The first-order valence-corrected chi connectivity index (χ1v) is 12.3. The van der Waals surface area contributed by atoms with Crippen molar-refractivity contribution in [2.45, 2.75) is 52.0 Å². The van der Waals surface area contributed by atoms with Crippen LogP contribution in [0.15, 0.2) is 91.0 Å². The van der Waals surface area contributed by atoms with Crippen molar-refractivity contribution < 1.29 is 4.79 Å². The van der Waals surface area contributed by atoms with E-state index in [0.717, 1.165) is 60.3 Å². The molecule has 0 fully saturated rings. The number of nitrogens with one attached hydrogen (secondary N) is 1. The van der Waals surface area contributed by atoms with Crippen LogP contribution in [0.25, 0.3) is 16.9 Å². The summed E-state index contributed by atoms with van der Waals surface area (Å²) in [6.07, 6.45) is 4.73. The molecular weight excluding hydrogens is 418 g/mol. The first kappa shape index (κ1) is 23.5. The molecule has 1 unspecified atom stereocenters. The van der Waals surface area contributed by atoms with Gasteiger partial charge in [0.25, 0.3) is 5.91 Å². The van der Waals surface area contributed by atoms with Gasteiger partial charge in [-0.3, -0.25) is 4.79 Å². The van der Waals surface area contributed by atoms with Gasteiger partial charge in [0, 0.05) is 5.56 Å². The summed E-state index contributed by atoms with van der Waals surface area (Å²) in [6.45, 7) is 4.32. The standard InChI is InChI=1S/C30H33N3O/c1-3-5-22-26(23-16-9-6-10-17-23)31-30(34)28-27(15-4-2)33(25-20-13-8-14-21-25)32-29(28)24-18-11-7-12-19-24/h6-14,16-21,26H,3-5,15,22H2,1-2H3,(H,31,34). The molecule has 1 N–H and O–H groups in total. The van der Waals surface area contributed by atoms with Crippen molar-refractivity contribution in [3.05, 3.63) is 108 Å². The second kappa shape index (κ2) is 11.5. The zero-order valence-electron chi connectivity index (χ0n) is 20.1. The molecule has 0 saturated heterocycles. The third-order valence-electron chi connectivity index (χ3n) is 6.10.